The molecule has 0 fully saturated rings. The van der Waals surface area contributed by atoms with Gasteiger partial charge in [-0.1, -0.05) is 0 Å². The van der Waals surface area contributed by atoms with Crippen LogP contribution in [-0.4, -0.2) is 39.3 Å². The van der Waals surface area contributed by atoms with Crippen molar-refractivity contribution in [2.75, 3.05) is 48.9 Å². The van der Waals surface area contributed by atoms with Gasteiger partial charge in [-0.2, -0.15) is 0 Å². The monoisotopic (exact) mass is 391 g/mol. The molecular formula is C19H22ClN3O4. The molecule has 2 aromatic rings. The molecule has 1 aliphatic rings. The van der Waals surface area contributed by atoms with Gasteiger partial charge >= 0.3 is 0 Å². The molecule has 1 aliphatic heterocycles. The number of hydrogen-bond acceptors (Lipinski definition) is 6. The van der Waals surface area contributed by atoms with Crippen LogP contribution in [0.15, 0.2) is 30.3 Å². The van der Waals surface area contributed by atoms with E-state index in [-0.39, 0.29) is 18.6 Å². The molecule has 7 nitrogen and oxygen atoms in total. The number of alkyl halides is 1. The first-order valence-electron chi connectivity index (χ1n) is 8.52. The molecule has 0 spiro atoms. The van der Waals surface area contributed by atoms with Crippen LogP contribution in [0.4, 0.5) is 22.7 Å². The molecule has 1 amide bonds. The minimum Gasteiger partial charge on any atom is -0.492 e. The Labute approximate surface area is 163 Å². The summed E-state index contributed by atoms with van der Waals surface area (Å²) in [5.41, 5.74) is 2.98. The molecule has 0 saturated heterocycles. The van der Waals surface area contributed by atoms with Crippen molar-refractivity contribution in [3.8, 4) is 17.2 Å². The Balaban J connectivity index is 1.97. The summed E-state index contributed by atoms with van der Waals surface area (Å²) in [4.78, 5) is 13.8. The quantitative estimate of drug-likeness (QED) is 0.699. The third kappa shape index (κ3) is 4.31. The molecule has 1 heterocycles. The Bertz CT molecular complexity index is 842. The second-order valence-electron chi connectivity index (χ2n) is 6.07. The van der Waals surface area contributed by atoms with E-state index in [0.29, 0.717) is 35.2 Å². The highest BCUT2D eigenvalue weighted by molar-refractivity contribution is 6.29. The molecule has 27 heavy (non-hydrogen) atoms. The maximum absolute atomic E-state index is 11.8. The first-order valence-corrected chi connectivity index (χ1v) is 9.06. The van der Waals surface area contributed by atoms with E-state index < -0.39 is 0 Å². The summed E-state index contributed by atoms with van der Waals surface area (Å²) in [5.74, 6) is 1.42. The lowest BCUT2D eigenvalue weighted by atomic mass is 10.2. The predicted octanol–water partition coefficient (Wildman–Crippen LogP) is 3.80. The SMILES string of the molecule is CCOc1cc(N(C)C)ccc1Nc1cc2c(cc1NC(=O)CCl)OCO2. The smallest absolute Gasteiger partial charge is 0.239 e. The molecule has 0 radical (unpaired) electrons. The van der Waals surface area contributed by atoms with E-state index in [4.69, 9.17) is 25.8 Å². The van der Waals surface area contributed by atoms with Crippen molar-refractivity contribution in [1.82, 2.24) is 0 Å². The summed E-state index contributed by atoms with van der Waals surface area (Å²) < 4.78 is 16.6. The molecule has 0 aliphatic carbocycles. The average molecular weight is 392 g/mol. The molecule has 144 valence electrons. The maximum atomic E-state index is 11.8. The van der Waals surface area contributed by atoms with Gasteiger partial charge in [0, 0.05) is 38.0 Å². The van der Waals surface area contributed by atoms with Crippen LogP contribution < -0.4 is 29.7 Å². The molecule has 0 unspecified atom stereocenters. The van der Waals surface area contributed by atoms with Gasteiger partial charge in [-0.25, -0.2) is 0 Å². The van der Waals surface area contributed by atoms with Gasteiger partial charge in [0.2, 0.25) is 12.7 Å². The third-order valence-electron chi connectivity index (χ3n) is 3.96. The number of anilines is 4. The number of carbonyl (C=O) groups is 1. The fraction of sp³-hybridized carbons (Fsp3) is 0.316. The Morgan fingerprint density at radius 3 is 2.48 bits per heavy atom. The lowest BCUT2D eigenvalue weighted by molar-refractivity contribution is -0.113. The molecule has 0 aromatic heterocycles. The van der Waals surface area contributed by atoms with Crippen molar-refractivity contribution in [1.29, 1.82) is 0 Å². The molecule has 0 bridgehead atoms. The fourth-order valence-corrected chi connectivity index (χ4v) is 2.71. The molecule has 0 saturated carbocycles. The summed E-state index contributed by atoms with van der Waals surface area (Å²) in [5, 5.41) is 6.09. The Morgan fingerprint density at radius 2 is 1.85 bits per heavy atom. The van der Waals surface area contributed by atoms with Gasteiger partial charge in [0.15, 0.2) is 11.5 Å². The van der Waals surface area contributed by atoms with E-state index in [0.717, 1.165) is 11.4 Å². The van der Waals surface area contributed by atoms with Crippen molar-refractivity contribution in [3.05, 3.63) is 30.3 Å². The second kappa shape index (κ2) is 8.26. The van der Waals surface area contributed by atoms with Crippen LogP contribution in [0.3, 0.4) is 0 Å². The number of nitrogens with zero attached hydrogens (tertiary/aromatic N) is 1. The topological polar surface area (TPSA) is 72.1 Å². The van der Waals surface area contributed by atoms with E-state index in [9.17, 15) is 4.79 Å². The van der Waals surface area contributed by atoms with Crippen LogP contribution in [0, 0.1) is 0 Å². The third-order valence-corrected chi connectivity index (χ3v) is 4.20. The Morgan fingerprint density at radius 1 is 1.15 bits per heavy atom. The number of amides is 1. The first-order chi connectivity index (χ1) is 13.0. The number of fused-ring (bicyclic) bond motifs is 1. The van der Waals surface area contributed by atoms with E-state index in [1.165, 1.54) is 0 Å². The highest BCUT2D eigenvalue weighted by Crippen LogP contribution is 2.42. The number of hydrogen-bond donors (Lipinski definition) is 2. The van der Waals surface area contributed by atoms with Gasteiger partial charge in [0.25, 0.3) is 0 Å². The zero-order valence-electron chi connectivity index (χ0n) is 15.5. The highest BCUT2D eigenvalue weighted by Gasteiger charge is 2.19. The van der Waals surface area contributed by atoms with E-state index in [1.54, 1.807) is 12.1 Å². The Hall–Kier alpha value is -2.80. The van der Waals surface area contributed by atoms with Crippen LogP contribution >= 0.6 is 11.6 Å². The van der Waals surface area contributed by atoms with E-state index in [2.05, 4.69) is 10.6 Å². The summed E-state index contributed by atoms with van der Waals surface area (Å²) in [6.45, 7) is 2.60. The molecule has 0 atom stereocenters. The number of halogens is 1. The lowest BCUT2D eigenvalue weighted by Crippen LogP contribution is -2.14. The number of carbonyl (C=O) groups excluding carboxylic acids is 1. The number of rotatable bonds is 7. The van der Waals surface area contributed by atoms with Gasteiger partial charge in [-0.3, -0.25) is 4.79 Å². The van der Waals surface area contributed by atoms with Crippen LogP contribution in [0.2, 0.25) is 0 Å². The zero-order chi connectivity index (χ0) is 19.4. The van der Waals surface area contributed by atoms with Gasteiger partial charge < -0.3 is 29.7 Å². The zero-order valence-corrected chi connectivity index (χ0v) is 16.2. The predicted molar refractivity (Wildman–Crippen MR) is 107 cm³/mol. The number of benzene rings is 2. The van der Waals surface area contributed by atoms with Gasteiger partial charge in [0.05, 0.1) is 23.7 Å². The van der Waals surface area contributed by atoms with E-state index >= 15 is 0 Å². The fourth-order valence-electron chi connectivity index (χ4n) is 2.64. The van der Waals surface area contributed by atoms with Gasteiger partial charge in [0.1, 0.15) is 11.6 Å². The molecule has 8 heteroatoms. The number of nitrogens with one attached hydrogen (secondary N) is 2. The van der Waals surface area contributed by atoms with Gasteiger partial charge in [-0.15, -0.1) is 11.6 Å². The summed E-state index contributed by atoms with van der Waals surface area (Å²) in [7, 11) is 3.94. The summed E-state index contributed by atoms with van der Waals surface area (Å²) >= 11 is 5.63. The summed E-state index contributed by atoms with van der Waals surface area (Å²) in [6, 6.07) is 9.36. The molecular weight excluding hydrogens is 370 g/mol. The minimum absolute atomic E-state index is 0.142. The van der Waals surface area contributed by atoms with Gasteiger partial charge in [-0.05, 0) is 19.1 Å². The van der Waals surface area contributed by atoms with Crippen LogP contribution in [0.1, 0.15) is 6.92 Å². The van der Waals surface area contributed by atoms with Crippen molar-refractivity contribution in [2.45, 2.75) is 6.92 Å². The average Bonchev–Trinajstić information content (AvgIpc) is 3.10. The minimum atomic E-state index is -0.313. The summed E-state index contributed by atoms with van der Waals surface area (Å²) in [6.07, 6.45) is 0. The lowest BCUT2D eigenvalue weighted by Gasteiger charge is -2.19. The normalized spacial score (nSPS) is 11.9. The van der Waals surface area contributed by atoms with Crippen molar-refractivity contribution in [3.63, 3.8) is 0 Å². The standard InChI is InChI=1S/C19H22ClN3O4/c1-4-25-16-7-12(23(2)3)5-6-13(16)21-14-8-17-18(27-11-26-17)9-15(14)22-19(24)10-20/h5-9,21H,4,10-11H2,1-3H3,(H,22,24). The maximum Gasteiger partial charge on any atom is 0.239 e. The van der Waals surface area contributed by atoms with Crippen LogP contribution in [0.25, 0.3) is 0 Å². The largest absolute Gasteiger partial charge is 0.492 e. The molecule has 2 N–H and O–H groups in total. The van der Waals surface area contributed by atoms with Crippen LogP contribution in [0.5, 0.6) is 17.2 Å². The Kier molecular flexibility index (Phi) is 5.81. The van der Waals surface area contributed by atoms with Crippen molar-refractivity contribution in [2.24, 2.45) is 0 Å². The number of ether oxygens (including phenoxy) is 3. The second-order valence-corrected chi connectivity index (χ2v) is 6.33. The molecule has 3 rings (SSSR count). The first kappa shape index (κ1) is 19.0. The van der Waals surface area contributed by atoms with Crippen LogP contribution in [-0.2, 0) is 4.79 Å². The highest BCUT2D eigenvalue weighted by atomic mass is 35.5. The van der Waals surface area contributed by atoms with Crippen molar-refractivity contribution >= 4 is 40.3 Å². The molecule has 2 aromatic carbocycles. The van der Waals surface area contributed by atoms with E-state index in [1.807, 2.05) is 44.1 Å². The van der Waals surface area contributed by atoms with Crippen molar-refractivity contribution < 1.29 is 19.0 Å².